The summed E-state index contributed by atoms with van der Waals surface area (Å²) in [6.07, 6.45) is -0.365. The molecule has 1 aliphatic carbocycles. The van der Waals surface area contributed by atoms with Crippen LogP contribution in [-0.2, 0) is 16.0 Å². The molecule has 0 aliphatic heterocycles. The third-order valence-electron chi connectivity index (χ3n) is 2.76. The Morgan fingerprint density at radius 2 is 2.06 bits per heavy atom. The molecule has 0 bridgehead atoms. The Kier molecular flexibility index (Phi) is 2.75. The third-order valence-corrected chi connectivity index (χ3v) is 2.76. The van der Waals surface area contributed by atoms with E-state index in [0.29, 0.717) is 11.1 Å². The maximum absolute atomic E-state index is 12.0. The van der Waals surface area contributed by atoms with Crippen molar-refractivity contribution in [1.82, 2.24) is 0 Å². The van der Waals surface area contributed by atoms with E-state index in [2.05, 4.69) is 0 Å². The van der Waals surface area contributed by atoms with Gasteiger partial charge in [0.05, 0.1) is 6.10 Å². The van der Waals surface area contributed by atoms with E-state index in [9.17, 15) is 14.7 Å². The number of ether oxygens (including phenoxy) is 1. The summed E-state index contributed by atoms with van der Waals surface area (Å²) in [7, 11) is 0. The number of esters is 1. The Bertz CT molecular complexity index is 478. The standard InChI is InChI=1S/C13H14O4/c1-8(2)17-12(15)13(16)7-9-5-3-4-6-10(9)11(13)14/h3-6,8,16H,7H2,1-2H3/t13-/m0/s1. The zero-order chi connectivity index (χ0) is 12.6. The van der Waals surface area contributed by atoms with Gasteiger partial charge >= 0.3 is 5.97 Å². The summed E-state index contributed by atoms with van der Waals surface area (Å²) < 4.78 is 4.93. The van der Waals surface area contributed by atoms with Crippen molar-refractivity contribution in [2.24, 2.45) is 0 Å². The lowest BCUT2D eigenvalue weighted by atomic mass is 9.99. The molecule has 0 fully saturated rings. The van der Waals surface area contributed by atoms with Crippen molar-refractivity contribution in [2.75, 3.05) is 0 Å². The van der Waals surface area contributed by atoms with Crippen LogP contribution in [0.25, 0.3) is 0 Å². The molecule has 0 aromatic heterocycles. The zero-order valence-electron chi connectivity index (χ0n) is 9.77. The fraction of sp³-hybridized carbons (Fsp3) is 0.385. The van der Waals surface area contributed by atoms with Crippen LogP contribution in [0.4, 0.5) is 0 Å². The molecule has 0 saturated carbocycles. The topological polar surface area (TPSA) is 63.6 Å². The quantitative estimate of drug-likeness (QED) is 0.615. The first kappa shape index (κ1) is 11.8. The van der Waals surface area contributed by atoms with E-state index in [-0.39, 0.29) is 12.5 Å². The number of aliphatic hydroxyl groups is 1. The van der Waals surface area contributed by atoms with Crippen LogP contribution in [0.5, 0.6) is 0 Å². The van der Waals surface area contributed by atoms with Gasteiger partial charge in [0.2, 0.25) is 11.4 Å². The zero-order valence-corrected chi connectivity index (χ0v) is 9.77. The highest BCUT2D eigenvalue weighted by Crippen LogP contribution is 2.31. The van der Waals surface area contributed by atoms with Gasteiger partial charge in [0.1, 0.15) is 0 Å². The molecule has 4 heteroatoms. The normalized spacial score (nSPS) is 22.7. The Hall–Kier alpha value is -1.68. The molecular weight excluding hydrogens is 220 g/mol. The minimum Gasteiger partial charge on any atom is -0.460 e. The third kappa shape index (κ3) is 1.85. The van der Waals surface area contributed by atoms with E-state index in [1.807, 2.05) is 0 Å². The lowest BCUT2D eigenvalue weighted by molar-refractivity contribution is -0.163. The first-order valence-electron chi connectivity index (χ1n) is 5.51. The van der Waals surface area contributed by atoms with Gasteiger partial charge in [-0.25, -0.2) is 4.79 Å². The monoisotopic (exact) mass is 234 g/mol. The second-order valence-corrected chi connectivity index (χ2v) is 4.48. The van der Waals surface area contributed by atoms with E-state index >= 15 is 0 Å². The molecule has 0 spiro atoms. The molecule has 1 aromatic carbocycles. The summed E-state index contributed by atoms with van der Waals surface area (Å²) in [5.74, 6) is -1.44. The van der Waals surface area contributed by atoms with Crippen molar-refractivity contribution in [1.29, 1.82) is 0 Å². The van der Waals surface area contributed by atoms with E-state index < -0.39 is 17.4 Å². The second-order valence-electron chi connectivity index (χ2n) is 4.48. The summed E-state index contributed by atoms with van der Waals surface area (Å²) in [6, 6.07) is 6.81. The highest BCUT2D eigenvalue weighted by Gasteiger charge is 2.51. The number of carbonyl (C=O) groups excluding carboxylic acids is 2. The molecule has 0 radical (unpaired) electrons. The van der Waals surface area contributed by atoms with Crippen molar-refractivity contribution >= 4 is 11.8 Å². The van der Waals surface area contributed by atoms with Crippen LogP contribution in [0.15, 0.2) is 24.3 Å². The maximum atomic E-state index is 12.0. The molecule has 17 heavy (non-hydrogen) atoms. The van der Waals surface area contributed by atoms with Gasteiger partial charge in [-0.05, 0) is 19.4 Å². The summed E-state index contributed by atoms with van der Waals surface area (Å²) >= 11 is 0. The first-order chi connectivity index (χ1) is 7.95. The predicted molar refractivity (Wildman–Crippen MR) is 60.7 cm³/mol. The van der Waals surface area contributed by atoms with Crippen LogP contribution >= 0.6 is 0 Å². The van der Waals surface area contributed by atoms with Crippen molar-refractivity contribution in [3.63, 3.8) is 0 Å². The molecule has 90 valence electrons. The lowest BCUT2D eigenvalue weighted by Crippen LogP contribution is -2.46. The number of hydrogen-bond donors (Lipinski definition) is 1. The molecular formula is C13H14O4. The fourth-order valence-corrected chi connectivity index (χ4v) is 1.95. The molecule has 2 rings (SSSR count). The molecule has 4 nitrogen and oxygen atoms in total. The molecule has 0 unspecified atom stereocenters. The molecule has 1 N–H and O–H groups in total. The first-order valence-corrected chi connectivity index (χ1v) is 5.51. The number of Topliss-reactive ketones (excluding diaryl/α,β-unsaturated/α-hetero) is 1. The van der Waals surface area contributed by atoms with Crippen molar-refractivity contribution in [3.8, 4) is 0 Å². The van der Waals surface area contributed by atoms with Crippen LogP contribution in [0.2, 0.25) is 0 Å². The summed E-state index contributed by atoms with van der Waals surface area (Å²) in [4.78, 5) is 23.8. The molecule has 0 amide bonds. The SMILES string of the molecule is CC(C)OC(=O)[C@]1(O)Cc2ccccc2C1=O. The van der Waals surface area contributed by atoms with E-state index in [4.69, 9.17) is 4.74 Å². The van der Waals surface area contributed by atoms with Gasteiger partial charge in [-0.3, -0.25) is 4.79 Å². The largest absolute Gasteiger partial charge is 0.460 e. The maximum Gasteiger partial charge on any atom is 0.347 e. The second kappa shape index (κ2) is 3.96. The molecule has 1 aliphatic rings. The minimum absolute atomic E-state index is 0.00639. The van der Waals surface area contributed by atoms with Gasteiger partial charge in [0, 0.05) is 12.0 Å². The number of ketones is 1. The van der Waals surface area contributed by atoms with Gasteiger partial charge in [-0.15, -0.1) is 0 Å². The lowest BCUT2D eigenvalue weighted by Gasteiger charge is -2.20. The van der Waals surface area contributed by atoms with E-state index in [0.717, 1.165) is 0 Å². The van der Waals surface area contributed by atoms with Crippen LogP contribution in [-0.4, -0.2) is 28.6 Å². The number of benzene rings is 1. The van der Waals surface area contributed by atoms with Gasteiger partial charge in [0.25, 0.3) is 0 Å². The fourth-order valence-electron chi connectivity index (χ4n) is 1.95. The average Bonchev–Trinajstić information content (AvgIpc) is 2.52. The summed E-state index contributed by atoms with van der Waals surface area (Å²) in [5.41, 5.74) is -0.968. The number of fused-ring (bicyclic) bond motifs is 1. The molecule has 0 saturated heterocycles. The summed E-state index contributed by atoms with van der Waals surface area (Å²) in [6.45, 7) is 3.35. The van der Waals surface area contributed by atoms with E-state index in [1.54, 1.807) is 38.1 Å². The molecule has 1 aromatic rings. The average molecular weight is 234 g/mol. The van der Waals surface area contributed by atoms with Crippen molar-refractivity contribution in [2.45, 2.75) is 32.0 Å². The minimum atomic E-state index is -2.05. The molecule has 0 heterocycles. The van der Waals surface area contributed by atoms with Gasteiger partial charge in [0.15, 0.2) is 0 Å². The Labute approximate surface area is 99.2 Å². The predicted octanol–water partition coefficient (Wildman–Crippen LogP) is 1.11. The van der Waals surface area contributed by atoms with Crippen molar-refractivity contribution < 1.29 is 19.4 Å². The van der Waals surface area contributed by atoms with Crippen LogP contribution in [0.1, 0.15) is 29.8 Å². The smallest absolute Gasteiger partial charge is 0.347 e. The van der Waals surface area contributed by atoms with Crippen molar-refractivity contribution in [3.05, 3.63) is 35.4 Å². The Morgan fingerprint density at radius 3 is 2.65 bits per heavy atom. The van der Waals surface area contributed by atoms with Crippen LogP contribution in [0.3, 0.4) is 0 Å². The number of rotatable bonds is 2. The number of hydrogen-bond acceptors (Lipinski definition) is 4. The van der Waals surface area contributed by atoms with Gasteiger partial charge in [-0.1, -0.05) is 24.3 Å². The Balaban J connectivity index is 2.32. The van der Waals surface area contributed by atoms with Crippen LogP contribution < -0.4 is 0 Å². The van der Waals surface area contributed by atoms with E-state index in [1.165, 1.54) is 0 Å². The van der Waals surface area contributed by atoms with Gasteiger partial charge in [-0.2, -0.15) is 0 Å². The molecule has 1 atom stereocenters. The highest BCUT2D eigenvalue weighted by atomic mass is 16.6. The summed E-state index contributed by atoms with van der Waals surface area (Å²) in [5, 5.41) is 10.2. The van der Waals surface area contributed by atoms with Crippen LogP contribution in [0, 0.1) is 0 Å². The number of carbonyl (C=O) groups is 2. The highest BCUT2D eigenvalue weighted by molar-refractivity contribution is 6.18. The Morgan fingerprint density at radius 1 is 1.41 bits per heavy atom. The van der Waals surface area contributed by atoms with Gasteiger partial charge < -0.3 is 9.84 Å².